The van der Waals surface area contributed by atoms with Gasteiger partial charge in [-0.05, 0) is 34.4 Å². The van der Waals surface area contributed by atoms with E-state index in [9.17, 15) is 4.79 Å². The van der Waals surface area contributed by atoms with Crippen LogP contribution < -0.4 is 5.32 Å². The van der Waals surface area contributed by atoms with Crippen LogP contribution in [0, 0.1) is 0 Å². The number of tetrazole rings is 1. The molecule has 0 radical (unpaired) electrons. The number of hydrogen-bond acceptors (Lipinski definition) is 4. The Morgan fingerprint density at radius 3 is 2.89 bits per heavy atom. The first-order chi connectivity index (χ1) is 9.20. The lowest BCUT2D eigenvalue weighted by atomic mass is 9.97. The molecular weight excluding hydrogens is 242 g/mol. The second kappa shape index (κ2) is 6.08. The van der Waals surface area contributed by atoms with Crippen LogP contribution in [0.15, 0.2) is 30.6 Å². The molecule has 1 atom stereocenters. The molecule has 1 N–H and O–H groups in total. The maximum atomic E-state index is 11.9. The fourth-order valence-corrected chi connectivity index (χ4v) is 1.85. The van der Waals surface area contributed by atoms with Crippen molar-refractivity contribution in [3.05, 3.63) is 36.2 Å². The molecule has 0 spiro atoms. The number of carbonyl (C=O) groups excluding carboxylic acids is 1. The van der Waals surface area contributed by atoms with Gasteiger partial charge in [0.05, 0.1) is 0 Å². The normalized spacial score (nSPS) is 12.1. The van der Waals surface area contributed by atoms with Gasteiger partial charge in [0.2, 0.25) is 5.91 Å². The predicted molar refractivity (Wildman–Crippen MR) is 71.6 cm³/mol. The molecule has 1 heterocycles. The maximum absolute atomic E-state index is 11.9. The smallest absolute Gasteiger partial charge is 0.246 e. The molecule has 0 aliphatic rings. The van der Waals surface area contributed by atoms with Crippen LogP contribution in [0.2, 0.25) is 0 Å². The van der Waals surface area contributed by atoms with Crippen LogP contribution in [0.1, 0.15) is 31.7 Å². The SMILES string of the molecule is CC[C@@H](C)c1ccccc1NC(=O)Cn1cnnn1. The van der Waals surface area contributed by atoms with Gasteiger partial charge in [-0.3, -0.25) is 4.79 Å². The monoisotopic (exact) mass is 259 g/mol. The molecule has 0 fully saturated rings. The summed E-state index contributed by atoms with van der Waals surface area (Å²) in [5, 5.41) is 13.6. The lowest BCUT2D eigenvalue weighted by Gasteiger charge is -2.15. The molecule has 1 aromatic carbocycles. The average molecular weight is 259 g/mol. The first kappa shape index (κ1) is 13.2. The fourth-order valence-electron chi connectivity index (χ4n) is 1.85. The highest BCUT2D eigenvalue weighted by Crippen LogP contribution is 2.26. The van der Waals surface area contributed by atoms with E-state index < -0.39 is 0 Å². The minimum absolute atomic E-state index is 0.113. The molecule has 1 amide bonds. The molecule has 100 valence electrons. The van der Waals surface area contributed by atoms with Gasteiger partial charge in [0, 0.05) is 5.69 Å². The average Bonchev–Trinajstić information content (AvgIpc) is 2.91. The third-order valence-corrected chi connectivity index (χ3v) is 3.08. The molecule has 2 aromatic rings. The number of aromatic nitrogens is 4. The summed E-state index contributed by atoms with van der Waals surface area (Å²) < 4.78 is 1.39. The Kier molecular flexibility index (Phi) is 4.22. The second-order valence-corrected chi connectivity index (χ2v) is 4.45. The van der Waals surface area contributed by atoms with Gasteiger partial charge in [-0.1, -0.05) is 32.0 Å². The summed E-state index contributed by atoms with van der Waals surface area (Å²) in [5.41, 5.74) is 2.00. The summed E-state index contributed by atoms with van der Waals surface area (Å²) in [5.74, 6) is 0.271. The van der Waals surface area contributed by atoms with Gasteiger partial charge in [0.25, 0.3) is 0 Å². The standard InChI is InChI=1S/C13H17N5O/c1-3-10(2)11-6-4-5-7-12(11)15-13(19)8-18-9-14-16-17-18/h4-7,9-10H,3,8H2,1-2H3,(H,15,19)/t10-/m1/s1. The van der Waals surface area contributed by atoms with Gasteiger partial charge in [0.1, 0.15) is 12.9 Å². The maximum Gasteiger partial charge on any atom is 0.246 e. The minimum atomic E-state index is -0.136. The summed E-state index contributed by atoms with van der Waals surface area (Å²) in [4.78, 5) is 11.9. The first-order valence-corrected chi connectivity index (χ1v) is 6.30. The molecule has 0 unspecified atom stereocenters. The van der Waals surface area contributed by atoms with Crippen molar-refractivity contribution in [1.29, 1.82) is 0 Å². The van der Waals surface area contributed by atoms with Crippen molar-refractivity contribution in [2.75, 3.05) is 5.32 Å². The first-order valence-electron chi connectivity index (χ1n) is 6.30. The molecule has 0 saturated heterocycles. The van der Waals surface area contributed by atoms with Crippen molar-refractivity contribution in [2.24, 2.45) is 0 Å². The molecule has 6 heteroatoms. The quantitative estimate of drug-likeness (QED) is 0.889. The van der Waals surface area contributed by atoms with E-state index in [2.05, 4.69) is 34.7 Å². The van der Waals surface area contributed by atoms with Gasteiger partial charge >= 0.3 is 0 Å². The van der Waals surface area contributed by atoms with Crippen LogP contribution in [0.3, 0.4) is 0 Å². The number of para-hydroxylation sites is 1. The molecule has 19 heavy (non-hydrogen) atoms. The Labute approximate surface area is 111 Å². The predicted octanol–water partition coefficient (Wildman–Crippen LogP) is 1.83. The van der Waals surface area contributed by atoms with E-state index in [1.165, 1.54) is 11.0 Å². The number of rotatable bonds is 5. The van der Waals surface area contributed by atoms with Gasteiger partial charge in [-0.25, -0.2) is 4.68 Å². The minimum Gasteiger partial charge on any atom is -0.324 e. The Balaban J connectivity index is 2.08. The van der Waals surface area contributed by atoms with Crippen LogP contribution in [0.25, 0.3) is 0 Å². The lowest BCUT2D eigenvalue weighted by molar-refractivity contribution is -0.116. The zero-order valence-electron chi connectivity index (χ0n) is 11.1. The number of carbonyl (C=O) groups is 1. The summed E-state index contributed by atoms with van der Waals surface area (Å²) in [7, 11) is 0. The van der Waals surface area contributed by atoms with Crippen molar-refractivity contribution in [1.82, 2.24) is 20.2 Å². The van der Waals surface area contributed by atoms with Gasteiger partial charge < -0.3 is 5.32 Å². The van der Waals surface area contributed by atoms with Crippen LogP contribution in [-0.2, 0) is 11.3 Å². The Bertz CT molecular complexity index is 538. The number of amides is 1. The third kappa shape index (κ3) is 3.37. The van der Waals surface area contributed by atoms with Crippen LogP contribution in [0.4, 0.5) is 5.69 Å². The van der Waals surface area contributed by atoms with E-state index in [-0.39, 0.29) is 12.5 Å². The number of nitrogens with one attached hydrogen (secondary N) is 1. The van der Waals surface area contributed by atoms with E-state index in [0.29, 0.717) is 5.92 Å². The number of benzene rings is 1. The van der Waals surface area contributed by atoms with E-state index >= 15 is 0 Å². The summed E-state index contributed by atoms with van der Waals surface area (Å²) in [6.45, 7) is 4.39. The Morgan fingerprint density at radius 1 is 1.42 bits per heavy atom. The van der Waals surface area contributed by atoms with E-state index in [0.717, 1.165) is 17.7 Å². The van der Waals surface area contributed by atoms with Crippen molar-refractivity contribution in [3.63, 3.8) is 0 Å². The molecule has 6 nitrogen and oxygen atoms in total. The highest BCUT2D eigenvalue weighted by Gasteiger charge is 2.11. The Hall–Kier alpha value is -2.24. The molecular formula is C13H17N5O. The summed E-state index contributed by atoms with van der Waals surface area (Å²) >= 11 is 0. The molecule has 1 aromatic heterocycles. The zero-order valence-corrected chi connectivity index (χ0v) is 11.1. The van der Waals surface area contributed by atoms with Crippen LogP contribution >= 0.6 is 0 Å². The topological polar surface area (TPSA) is 72.7 Å². The number of nitrogens with zero attached hydrogens (tertiary/aromatic N) is 4. The molecule has 0 saturated carbocycles. The molecule has 0 aliphatic heterocycles. The summed E-state index contributed by atoms with van der Waals surface area (Å²) in [6, 6.07) is 7.86. The van der Waals surface area contributed by atoms with Crippen LogP contribution in [0.5, 0.6) is 0 Å². The fraction of sp³-hybridized carbons (Fsp3) is 0.385. The Morgan fingerprint density at radius 2 is 2.21 bits per heavy atom. The highest BCUT2D eigenvalue weighted by molar-refractivity contribution is 5.91. The number of anilines is 1. The molecule has 2 rings (SSSR count). The largest absolute Gasteiger partial charge is 0.324 e. The number of hydrogen-bond donors (Lipinski definition) is 1. The van der Waals surface area contributed by atoms with Crippen molar-refractivity contribution < 1.29 is 4.79 Å². The third-order valence-electron chi connectivity index (χ3n) is 3.08. The summed E-state index contributed by atoms with van der Waals surface area (Å²) in [6.07, 6.45) is 2.44. The van der Waals surface area contributed by atoms with Gasteiger partial charge in [-0.2, -0.15) is 0 Å². The van der Waals surface area contributed by atoms with E-state index in [4.69, 9.17) is 0 Å². The zero-order chi connectivity index (χ0) is 13.7. The van der Waals surface area contributed by atoms with E-state index in [1.54, 1.807) is 0 Å². The van der Waals surface area contributed by atoms with Gasteiger partial charge in [0.15, 0.2) is 0 Å². The van der Waals surface area contributed by atoms with Crippen LogP contribution in [-0.4, -0.2) is 26.1 Å². The van der Waals surface area contributed by atoms with Crippen molar-refractivity contribution in [3.8, 4) is 0 Å². The van der Waals surface area contributed by atoms with Crippen molar-refractivity contribution in [2.45, 2.75) is 32.7 Å². The molecule has 0 bridgehead atoms. The van der Waals surface area contributed by atoms with Crippen molar-refractivity contribution >= 4 is 11.6 Å². The lowest BCUT2D eigenvalue weighted by Crippen LogP contribution is -2.20. The highest BCUT2D eigenvalue weighted by atomic mass is 16.2. The second-order valence-electron chi connectivity index (χ2n) is 4.45. The molecule has 0 aliphatic carbocycles. The van der Waals surface area contributed by atoms with Gasteiger partial charge in [-0.15, -0.1) is 5.10 Å². The van der Waals surface area contributed by atoms with E-state index in [1.807, 2.05) is 24.3 Å².